The summed E-state index contributed by atoms with van der Waals surface area (Å²) in [6.45, 7) is 1.23. The normalized spacial score (nSPS) is 21.3. The number of benzene rings is 1. The Labute approximate surface area is 151 Å². The second kappa shape index (κ2) is 7.23. The molecule has 3 amide bonds. The van der Waals surface area contributed by atoms with Gasteiger partial charge in [-0.3, -0.25) is 9.59 Å². The number of amides is 3. The standard InChI is InChI=1S/C18H23N3O5/c1-26-13-4-2-12(3-5-13)11-19-17(25)21-8-6-18(7-9-21)14(16(23)24)10-15(22)20-18/h2-5,14H,6-11H2,1H3,(H,19,25)(H,20,22)(H,23,24). The van der Waals surface area contributed by atoms with Gasteiger partial charge in [0, 0.05) is 26.1 Å². The number of piperidine rings is 1. The highest BCUT2D eigenvalue weighted by Crippen LogP contribution is 2.36. The van der Waals surface area contributed by atoms with Gasteiger partial charge in [0.25, 0.3) is 0 Å². The number of hydrogen-bond donors (Lipinski definition) is 3. The van der Waals surface area contributed by atoms with Crippen LogP contribution in [0.1, 0.15) is 24.8 Å². The van der Waals surface area contributed by atoms with Gasteiger partial charge in [-0.05, 0) is 30.5 Å². The maximum atomic E-state index is 12.4. The van der Waals surface area contributed by atoms with Crippen LogP contribution in [0.3, 0.4) is 0 Å². The summed E-state index contributed by atoms with van der Waals surface area (Å²) in [7, 11) is 1.60. The maximum Gasteiger partial charge on any atom is 0.317 e. The number of ether oxygens (including phenoxy) is 1. The minimum absolute atomic E-state index is 0.0129. The van der Waals surface area contributed by atoms with Crippen LogP contribution in [-0.4, -0.2) is 53.7 Å². The molecule has 2 fully saturated rings. The fraction of sp³-hybridized carbons (Fsp3) is 0.500. The summed E-state index contributed by atoms with van der Waals surface area (Å²) < 4.78 is 5.10. The molecular formula is C18H23N3O5. The number of nitrogens with zero attached hydrogens (tertiary/aromatic N) is 1. The van der Waals surface area contributed by atoms with Crippen LogP contribution in [0.25, 0.3) is 0 Å². The molecule has 2 saturated heterocycles. The van der Waals surface area contributed by atoms with Crippen LogP contribution >= 0.6 is 0 Å². The molecule has 1 aromatic carbocycles. The zero-order chi connectivity index (χ0) is 18.7. The minimum Gasteiger partial charge on any atom is -0.497 e. The first-order valence-corrected chi connectivity index (χ1v) is 8.63. The van der Waals surface area contributed by atoms with E-state index < -0.39 is 17.4 Å². The quantitative estimate of drug-likeness (QED) is 0.740. The van der Waals surface area contributed by atoms with E-state index in [0.29, 0.717) is 32.5 Å². The molecule has 2 aliphatic rings. The van der Waals surface area contributed by atoms with Gasteiger partial charge in [-0.2, -0.15) is 0 Å². The first kappa shape index (κ1) is 18.0. The molecule has 0 bridgehead atoms. The van der Waals surface area contributed by atoms with Gasteiger partial charge < -0.3 is 25.4 Å². The van der Waals surface area contributed by atoms with Crippen molar-refractivity contribution in [2.75, 3.05) is 20.2 Å². The van der Waals surface area contributed by atoms with E-state index in [1.165, 1.54) is 0 Å². The molecule has 1 spiro atoms. The van der Waals surface area contributed by atoms with E-state index in [0.717, 1.165) is 11.3 Å². The number of carboxylic acid groups (broad SMARTS) is 1. The molecule has 3 rings (SSSR count). The molecule has 0 radical (unpaired) electrons. The second-order valence-corrected chi connectivity index (χ2v) is 6.79. The van der Waals surface area contributed by atoms with Crippen LogP contribution in [0, 0.1) is 5.92 Å². The number of methoxy groups -OCH3 is 1. The molecule has 1 atom stereocenters. The number of aliphatic carboxylic acids is 1. The fourth-order valence-electron chi connectivity index (χ4n) is 3.74. The largest absolute Gasteiger partial charge is 0.497 e. The average Bonchev–Trinajstić information content (AvgIpc) is 2.96. The molecule has 8 heteroatoms. The van der Waals surface area contributed by atoms with Crippen molar-refractivity contribution in [1.82, 2.24) is 15.5 Å². The third kappa shape index (κ3) is 3.58. The van der Waals surface area contributed by atoms with Crippen molar-refractivity contribution in [1.29, 1.82) is 0 Å². The van der Waals surface area contributed by atoms with Crippen LogP contribution in [-0.2, 0) is 16.1 Å². The molecule has 0 aliphatic carbocycles. The van der Waals surface area contributed by atoms with E-state index in [4.69, 9.17) is 4.74 Å². The number of rotatable bonds is 4. The highest BCUT2D eigenvalue weighted by Gasteiger charge is 2.51. The van der Waals surface area contributed by atoms with E-state index in [9.17, 15) is 19.5 Å². The molecule has 2 heterocycles. The van der Waals surface area contributed by atoms with Crippen LogP contribution in [0.2, 0.25) is 0 Å². The van der Waals surface area contributed by atoms with Crippen molar-refractivity contribution < 1.29 is 24.2 Å². The summed E-state index contributed by atoms with van der Waals surface area (Å²) in [6, 6.07) is 7.25. The van der Waals surface area contributed by atoms with Crippen molar-refractivity contribution in [3.63, 3.8) is 0 Å². The van der Waals surface area contributed by atoms with E-state index in [1.54, 1.807) is 12.0 Å². The summed E-state index contributed by atoms with van der Waals surface area (Å²) in [4.78, 5) is 37.2. The Morgan fingerprint density at radius 2 is 1.96 bits per heavy atom. The third-order valence-corrected chi connectivity index (χ3v) is 5.29. The Kier molecular flexibility index (Phi) is 5.01. The van der Waals surface area contributed by atoms with Gasteiger partial charge in [-0.15, -0.1) is 0 Å². The average molecular weight is 361 g/mol. The Balaban J connectivity index is 1.53. The summed E-state index contributed by atoms with van der Waals surface area (Å²) in [5.41, 5.74) is 0.233. The lowest BCUT2D eigenvalue weighted by molar-refractivity contribution is -0.144. The molecular weight excluding hydrogens is 338 g/mol. The lowest BCUT2D eigenvalue weighted by Gasteiger charge is -2.41. The van der Waals surface area contributed by atoms with E-state index >= 15 is 0 Å². The first-order valence-electron chi connectivity index (χ1n) is 8.63. The minimum atomic E-state index is -0.958. The third-order valence-electron chi connectivity index (χ3n) is 5.29. The van der Waals surface area contributed by atoms with Gasteiger partial charge in [0.15, 0.2) is 0 Å². The molecule has 1 unspecified atom stereocenters. The number of urea groups is 1. The van der Waals surface area contributed by atoms with Crippen LogP contribution in [0.15, 0.2) is 24.3 Å². The van der Waals surface area contributed by atoms with Gasteiger partial charge in [0.1, 0.15) is 5.75 Å². The summed E-state index contributed by atoms with van der Waals surface area (Å²) in [6.07, 6.45) is 0.913. The van der Waals surface area contributed by atoms with Gasteiger partial charge in [-0.1, -0.05) is 12.1 Å². The molecule has 2 aliphatic heterocycles. The van der Waals surface area contributed by atoms with Crippen molar-refractivity contribution in [3.05, 3.63) is 29.8 Å². The lowest BCUT2D eigenvalue weighted by Crippen LogP contribution is -2.57. The highest BCUT2D eigenvalue weighted by atomic mass is 16.5. The van der Waals surface area contributed by atoms with Crippen LogP contribution in [0.4, 0.5) is 4.79 Å². The monoisotopic (exact) mass is 361 g/mol. The smallest absolute Gasteiger partial charge is 0.317 e. The number of nitrogens with one attached hydrogen (secondary N) is 2. The molecule has 26 heavy (non-hydrogen) atoms. The van der Waals surface area contributed by atoms with Gasteiger partial charge in [-0.25, -0.2) is 4.79 Å². The van der Waals surface area contributed by atoms with E-state index in [1.807, 2.05) is 24.3 Å². The predicted octanol–water partition coefficient (Wildman–Crippen LogP) is 0.960. The van der Waals surface area contributed by atoms with Crippen LogP contribution < -0.4 is 15.4 Å². The lowest BCUT2D eigenvalue weighted by atomic mass is 9.78. The zero-order valence-electron chi connectivity index (χ0n) is 14.7. The number of hydrogen-bond acceptors (Lipinski definition) is 4. The Morgan fingerprint density at radius 1 is 1.31 bits per heavy atom. The van der Waals surface area contributed by atoms with Crippen molar-refractivity contribution in [3.8, 4) is 5.75 Å². The van der Waals surface area contributed by atoms with Gasteiger partial charge in [0.2, 0.25) is 5.91 Å². The zero-order valence-corrected chi connectivity index (χ0v) is 14.7. The summed E-state index contributed by atoms with van der Waals surface area (Å²) in [5.74, 6) is -1.15. The van der Waals surface area contributed by atoms with Crippen LogP contribution in [0.5, 0.6) is 5.75 Å². The van der Waals surface area contributed by atoms with Crippen molar-refractivity contribution >= 4 is 17.9 Å². The Morgan fingerprint density at radius 3 is 2.54 bits per heavy atom. The fourth-order valence-corrected chi connectivity index (χ4v) is 3.74. The molecule has 8 nitrogen and oxygen atoms in total. The summed E-state index contributed by atoms with van der Waals surface area (Å²) >= 11 is 0. The molecule has 0 saturated carbocycles. The topological polar surface area (TPSA) is 108 Å². The molecule has 1 aromatic rings. The number of likely N-dealkylation sites (tertiary alicyclic amines) is 1. The maximum absolute atomic E-state index is 12.4. The number of carboxylic acids is 1. The highest BCUT2D eigenvalue weighted by molar-refractivity contribution is 5.88. The Bertz CT molecular complexity index is 695. The van der Waals surface area contributed by atoms with E-state index in [2.05, 4.69) is 10.6 Å². The first-order chi connectivity index (χ1) is 12.4. The number of carbonyl (C=O) groups is 3. The van der Waals surface area contributed by atoms with Crippen molar-refractivity contribution in [2.24, 2.45) is 5.92 Å². The Hall–Kier alpha value is -2.77. The molecule has 140 valence electrons. The molecule has 3 N–H and O–H groups in total. The van der Waals surface area contributed by atoms with Crippen molar-refractivity contribution in [2.45, 2.75) is 31.3 Å². The number of carbonyl (C=O) groups excluding carboxylic acids is 2. The van der Waals surface area contributed by atoms with E-state index in [-0.39, 0.29) is 18.4 Å². The SMILES string of the molecule is COc1ccc(CNC(=O)N2CCC3(CC2)NC(=O)CC3C(=O)O)cc1. The van der Waals surface area contributed by atoms with Gasteiger partial charge >= 0.3 is 12.0 Å². The second-order valence-electron chi connectivity index (χ2n) is 6.79. The molecule has 0 aromatic heterocycles. The van der Waals surface area contributed by atoms with Gasteiger partial charge in [0.05, 0.1) is 18.6 Å². The summed E-state index contributed by atoms with van der Waals surface area (Å²) in [5, 5.41) is 15.1. The predicted molar refractivity (Wildman–Crippen MR) is 92.7 cm³/mol.